The number of hydrogen-bond acceptors (Lipinski definition) is 3. The van der Waals surface area contributed by atoms with E-state index in [4.69, 9.17) is 9.47 Å². The van der Waals surface area contributed by atoms with E-state index in [-0.39, 0.29) is 6.29 Å². The summed E-state index contributed by atoms with van der Waals surface area (Å²) in [5.74, 6) is 1.11. The van der Waals surface area contributed by atoms with E-state index in [0.29, 0.717) is 24.0 Å². The van der Waals surface area contributed by atoms with Crippen molar-refractivity contribution >= 4 is 5.78 Å². The van der Waals surface area contributed by atoms with Crippen molar-refractivity contribution < 1.29 is 14.3 Å². The Bertz CT molecular complexity index is 190. The maximum absolute atomic E-state index is 11.4. The molecule has 2 fully saturated rings. The highest BCUT2D eigenvalue weighted by Crippen LogP contribution is 2.32. The van der Waals surface area contributed by atoms with Crippen LogP contribution >= 0.6 is 0 Å². The quantitative estimate of drug-likeness (QED) is 0.664. The molecule has 0 aromatic heterocycles. The minimum atomic E-state index is -0.260. The van der Waals surface area contributed by atoms with E-state index in [1.807, 2.05) is 0 Å². The van der Waals surface area contributed by atoms with Crippen LogP contribution < -0.4 is 0 Å². The molecule has 74 valence electrons. The lowest BCUT2D eigenvalue weighted by Gasteiger charge is -2.26. The van der Waals surface area contributed by atoms with E-state index in [9.17, 15) is 4.79 Å². The van der Waals surface area contributed by atoms with Crippen LogP contribution in [0.3, 0.4) is 0 Å². The Morgan fingerprint density at radius 3 is 2.46 bits per heavy atom. The molecule has 0 unspecified atom stereocenters. The van der Waals surface area contributed by atoms with Gasteiger partial charge in [0.2, 0.25) is 0 Å². The van der Waals surface area contributed by atoms with Crippen molar-refractivity contribution in [2.75, 3.05) is 13.2 Å². The smallest absolute Gasteiger partial charge is 0.164 e. The maximum atomic E-state index is 11.4. The molecule has 13 heavy (non-hydrogen) atoms. The number of rotatable bonds is 3. The maximum Gasteiger partial charge on any atom is 0.164 e. The highest BCUT2D eigenvalue weighted by Gasteiger charge is 2.32. The van der Waals surface area contributed by atoms with Gasteiger partial charge in [0.1, 0.15) is 5.78 Å². The minimum absolute atomic E-state index is 0.260. The normalized spacial score (nSPS) is 34.5. The van der Waals surface area contributed by atoms with E-state index in [1.165, 1.54) is 0 Å². The van der Waals surface area contributed by atoms with E-state index in [2.05, 4.69) is 6.92 Å². The Hall–Kier alpha value is -0.410. The first kappa shape index (κ1) is 9.16. The minimum Gasteiger partial charge on any atom is -0.352 e. The van der Waals surface area contributed by atoms with Crippen LogP contribution in [-0.2, 0) is 14.3 Å². The third-order valence-electron chi connectivity index (χ3n) is 2.53. The van der Waals surface area contributed by atoms with Gasteiger partial charge in [0.15, 0.2) is 6.29 Å². The number of hydrogen-bond donors (Lipinski definition) is 0. The Kier molecular flexibility index (Phi) is 2.65. The van der Waals surface area contributed by atoms with Crippen LogP contribution in [-0.4, -0.2) is 25.3 Å². The molecule has 1 aliphatic carbocycles. The third-order valence-corrected chi connectivity index (χ3v) is 2.53. The van der Waals surface area contributed by atoms with Gasteiger partial charge in [-0.3, -0.25) is 4.79 Å². The van der Waals surface area contributed by atoms with Crippen molar-refractivity contribution in [3.8, 4) is 0 Å². The predicted octanol–water partition coefficient (Wildman–Crippen LogP) is 1.36. The van der Waals surface area contributed by atoms with Gasteiger partial charge < -0.3 is 9.47 Å². The van der Waals surface area contributed by atoms with Gasteiger partial charge in [-0.25, -0.2) is 0 Å². The second-order valence-corrected chi connectivity index (χ2v) is 4.15. The molecule has 0 N–H and O–H groups in total. The first-order valence-corrected chi connectivity index (χ1v) is 5.01. The molecule has 1 aliphatic heterocycles. The van der Waals surface area contributed by atoms with Gasteiger partial charge in [0.25, 0.3) is 0 Å². The molecular weight excluding hydrogens is 168 g/mol. The molecule has 0 aromatic rings. The fourth-order valence-corrected chi connectivity index (χ4v) is 1.49. The van der Waals surface area contributed by atoms with Crippen molar-refractivity contribution in [3.63, 3.8) is 0 Å². The summed E-state index contributed by atoms with van der Waals surface area (Å²) in [6.07, 6.45) is 2.34. The van der Waals surface area contributed by atoms with Gasteiger partial charge in [-0.15, -0.1) is 0 Å². The average molecular weight is 184 g/mol. The van der Waals surface area contributed by atoms with E-state index in [1.54, 1.807) is 0 Å². The summed E-state index contributed by atoms with van der Waals surface area (Å²) >= 11 is 0. The van der Waals surface area contributed by atoms with Crippen molar-refractivity contribution in [1.29, 1.82) is 0 Å². The average Bonchev–Trinajstić information content (AvgIpc) is 2.91. The number of Topliss-reactive ketones (excluding diaryl/α,β-unsaturated/α-hetero) is 1. The molecule has 2 aliphatic rings. The Labute approximate surface area is 78.4 Å². The van der Waals surface area contributed by atoms with E-state index < -0.39 is 0 Å². The number of carbonyl (C=O) groups is 1. The summed E-state index contributed by atoms with van der Waals surface area (Å²) in [4.78, 5) is 11.4. The first-order chi connectivity index (χ1) is 6.25. The molecule has 3 heteroatoms. The lowest BCUT2D eigenvalue weighted by atomic mass is 10.1. The second kappa shape index (κ2) is 3.76. The highest BCUT2D eigenvalue weighted by atomic mass is 16.7. The molecule has 0 bridgehead atoms. The van der Waals surface area contributed by atoms with Crippen molar-refractivity contribution in [2.45, 2.75) is 32.5 Å². The summed E-state index contributed by atoms with van der Waals surface area (Å²) in [6, 6.07) is 0. The summed E-state index contributed by atoms with van der Waals surface area (Å²) < 4.78 is 10.8. The van der Waals surface area contributed by atoms with Gasteiger partial charge in [-0.05, 0) is 12.8 Å². The SMILES string of the molecule is C[C@H]1CO[C@@H](CC(=O)C2CC2)OC1. The monoisotopic (exact) mass is 184 g/mol. The molecule has 0 amide bonds. The first-order valence-electron chi connectivity index (χ1n) is 5.01. The van der Waals surface area contributed by atoms with E-state index >= 15 is 0 Å². The molecule has 0 spiro atoms. The van der Waals surface area contributed by atoms with Crippen LogP contribution in [0.25, 0.3) is 0 Å². The fraction of sp³-hybridized carbons (Fsp3) is 0.900. The zero-order chi connectivity index (χ0) is 9.26. The largest absolute Gasteiger partial charge is 0.352 e. The van der Waals surface area contributed by atoms with Gasteiger partial charge in [-0.1, -0.05) is 6.92 Å². The van der Waals surface area contributed by atoms with Crippen LogP contribution in [0.2, 0.25) is 0 Å². The Morgan fingerprint density at radius 2 is 1.92 bits per heavy atom. The molecule has 0 atom stereocenters. The topological polar surface area (TPSA) is 35.5 Å². The number of carbonyl (C=O) groups excluding carboxylic acids is 1. The molecule has 1 heterocycles. The van der Waals surface area contributed by atoms with Crippen LogP contribution in [0.5, 0.6) is 0 Å². The number of ketones is 1. The molecule has 3 nitrogen and oxygen atoms in total. The number of ether oxygens (including phenoxy) is 2. The van der Waals surface area contributed by atoms with Crippen molar-refractivity contribution in [2.24, 2.45) is 11.8 Å². The van der Waals surface area contributed by atoms with Crippen molar-refractivity contribution in [3.05, 3.63) is 0 Å². The molecule has 1 saturated carbocycles. The van der Waals surface area contributed by atoms with Crippen LogP contribution in [0, 0.1) is 11.8 Å². The van der Waals surface area contributed by atoms with Crippen LogP contribution in [0.15, 0.2) is 0 Å². The molecule has 0 aromatic carbocycles. The van der Waals surface area contributed by atoms with Gasteiger partial charge in [-0.2, -0.15) is 0 Å². The van der Waals surface area contributed by atoms with Crippen LogP contribution in [0.4, 0.5) is 0 Å². The molecular formula is C10H16O3. The van der Waals surface area contributed by atoms with Crippen molar-refractivity contribution in [1.82, 2.24) is 0 Å². The standard InChI is InChI=1S/C10H16O3/c1-7-5-12-10(13-6-7)4-9(11)8-2-3-8/h7-8,10H,2-6H2,1H3/t7-,10+. The second-order valence-electron chi connectivity index (χ2n) is 4.15. The third kappa shape index (κ3) is 2.51. The summed E-state index contributed by atoms with van der Waals surface area (Å²) in [7, 11) is 0. The Balaban J connectivity index is 1.72. The lowest BCUT2D eigenvalue weighted by Crippen LogP contribution is -2.32. The highest BCUT2D eigenvalue weighted by molar-refractivity contribution is 5.83. The molecule has 2 rings (SSSR count). The Morgan fingerprint density at radius 1 is 1.31 bits per heavy atom. The summed E-state index contributed by atoms with van der Waals surface area (Å²) in [5.41, 5.74) is 0. The zero-order valence-electron chi connectivity index (χ0n) is 7.99. The van der Waals surface area contributed by atoms with Gasteiger partial charge in [0, 0.05) is 11.8 Å². The van der Waals surface area contributed by atoms with Crippen LogP contribution in [0.1, 0.15) is 26.2 Å². The summed E-state index contributed by atoms with van der Waals surface area (Å²) in [6.45, 7) is 3.53. The zero-order valence-corrected chi connectivity index (χ0v) is 7.99. The fourth-order valence-electron chi connectivity index (χ4n) is 1.49. The summed E-state index contributed by atoms with van der Waals surface area (Å²) in [5, 5.41) is 0. The van der Waals surface area contributed by atoms with E-state index in [0.717, 1.165) is 26.1 Å². The van der Waals surface area contributed by atoms with Gasteiger partial charge >= 0.3 is 0 Å². The predicted molar refractivity (Wildman–Crippen MR) is 47.2 cm³/mol. The molecule has 1 saturated heterocycles. The van der Waals surface area contributed by atoms with Gasteiger partial charge in [0.05, 0.1) is 19.6 Å². The lowest BCUT2D eigenvalue weighted by molar-refractivity contribution is -0.200. The molecule has 0 radical (unpaired) electrons.